The van der Waals surface area contributed by atoms with Crippen molar-refractivity contribution in [3.05, 3.63) is 29.0 Å². The van der Waals surface area contributed by atoms with Gasteiger partial charge >= 0.3 is 0 Å². The molecule has 0 aliphatic heterocycles. The second kappa shape index (κ2) is 4.62. The van der Waals surface area contributed by atoms with Crippen LogP contribution in [0.15, 0.2) is 18.2 Å². The Kier molecular flexibility index (Phi) is 3.72. The molecule has 0 fully saturated rings. The number of alkyl halides is 1. The highest BCUT2D eigenvalue weighted by Crippen LogP contribution is 2.22. The van der Waals surface area contributed by atoms with Crippen LogP contribution in [0.5, 0.6) is 0 Å². The number of carbonyl (C=O) groups excluding carboxylic acids is 1. The van der Waals surface area contributed by atoms with Crippen LogP contribution in [0.2, 0.25) is 5.02 Å². The SMILES string of the molecule is C[C@H](Cl)C(=O)Nc1ccc(F)cc1Cl. The molecule has 0 bridgehead atoms. The summed E-state index contributed by atoms with van der Waals surface area (Å²) in [5.41, 5.74) is 0.352. The fourth-order valence-electron chi connectivity index (χ4n) is 0.823. The fraction of sp³-hybridized carbons (Fsp3) is 0.222. The molecule has 0 saturated heterocycles. The molecule has 2 nitrogen and oxygen atoms in total. The third-order valence-electron chi connectivity index (χ3n) is 1.55. The van der Waals surface area contributed by atoms with Crippen LogP contribution in [0.25, 0.3) is 0 Å². The van der Waals surface area contributed by atoms with Gasteiger partial charge in [0.2, 0.25) is 5.91 Å². The molecule has 0 aliphatic carbocycles. The van der Waals surface area contributed by atoms with Gasteiger partial charge in [-0.2, -0.15) is 0 Å². The third kappa shape index (κ3) is 2.86. The zero-order valence-corrected chi connectivity index (χ0v) is 8.86. The first kappa shape index (κ1) is 11.3. The summed E-state index contributed by atoms with van der Waals surface area (Å²) >= 11 is 11.2. The van der Waals surface area contributed by atoms with Gasteiger partial charge in [-0.15, -0.1) is 11.6 Å². The molecule has 1 atom stereocenters. The number of rotatable bonds is 2. The molecule has 76 valence electrons. The molecule has 1 rings (SSSR count). The number of halogens is 3. The summed E-state index contributed by atoms with van der Waals surface area (Å²) in [5.74, 6) is -0.827. The minimum absolute atomic E-state index is 0.149. The molecular formula is C9H8Cl2FNO. The van der Waals surface area contributed by atoms with Crippen LogP contribution < -0.4 is 5.32 Å². The largest absolute Gasteiger partial charge is 0.323 e. The maximum atomic E-state index is 12.6. The monoisotopic (exact) mass is 235 g/mol. The van der Waals surface area contributed by atoms with E-state index in [0.29, 0.717) is 5.69 Å². The standard InChI is InChI=1S/C9H8Cl2FNO/c1-5(10)9(14)13-8-3-2-6(12)4-7(8)11/h2-5H,1H3,(H,13,14)/t5-/m0/s1. The first-order chi connectivity index (χ1) is 6.50. The summed E-state index contributed by atoms with van der Waals surface area (Å²) in [5, 5.41) is 1.96. The number of anilines is 1. The fourth-order valence-corrected chi connectivity index (χ4v) is 1.09. The lowest BCUT2D eigenvalue weighted by Crippen LogP contribution is -2.20. The number of amides is 1. The Morgan fingerprint density at radius 1 is 1.57 bits per heavy atom. The Morgan fingerprint density at radius 3 is 2.71 bits per heavy atom. The second-order valence-corrected chi connectivity index (χ2v) is 3.79. The van der Waals surface area contributed by atoms with Gasteiger partial charge in [0.05, 0.1) is 10.7 Å². The molecule has 14 heavy (non-hydrogen) atoms. The van der Waals surface area contributed by atoms with Crippen LogP contribution >= 0.6 is 23.2 Å². The van der Waals surface area contributed by atoms with Crippen molar-refractivity contribution >= 4 is 34.8 Å². The minimum Gasteiger partial charge on any atom is -0.323 e. The molecule has 0 spiro atoms. The van der Waals surface area contributed by atoms with Gasteiger partial charge in [-0.25, -0.2) is 4.39 Å². The molecule has 0 unspecified atom stereocenters. The quantitative estimate of drug-likeness (QED) is 0.785. The maximum Gasteiger partial charge on any atom is 0.242 e. The van der Waals surface area contributed by atoms with Gasteiger partial charge in [0, 0.05) is 0 Å². The Hall–Kier alpha value is -0.800. The lowest BCUT2D eigenvalue weighted by molar-refractivity contribution is -0.115. The first-order valence-corrected chi connectivity index (χ1v) is 4.72. The maximum absolute atomic E-state index is 12.6. The van der Waals surface area contributed by atoms with Crippen molar-refractivity contribution in [3.63, 3.8) is 0 Å². The van der Waals surface area contributed by atoms with E-state index in [-0.39, 0.29) is 10.9 Å². The molecule has 0 aromatic heterocycles. The van der Waals surface area contributed by atoms with E-state index in [1.54, 1.807) is 0 Å². The number of hydrogen-bond acceptors (Lipinski definition) is 1. The van der Waals surface area contributed by atoms with Crippen LogP contribution in [-0.2, 0) is 4.79 Å². The number of hydrogen-bond donors (Lipinski definition) is 1. The van der Waals surface area contributed by atoms with Crippen molar-refractivity contribution in [2.45, 2.75) is 12.3 Å². The summed E-state index contributed by atoms with van der Waals surface area (Å²) < 4.78 is 12.6. The molecule has 0 saturated carbocycles. The number of nitrogens with one attached hydrogen (secondary N) is 1. The van der Waals surface area contributed by atoms with Crippen molar-refractivity contribution in [1.29, 1.82) is 0 Å². The van der Waals surface area contributed by atoms with Gasteiger partial charge in [-0.05, 0) is 25.1 Å². The molecule has 1 aromatic carbocycles. The lowest BCUT2D eigenvalue weighted by atomic mass is 10.3. The summed E-state index contributed by atoms with van der Waals surface area (Å²) in [6.07, 6.45) is 0. The highest BCUT2D eigenvalue weighted by molar-refractivity contribution is 6.35. The van der Waals surface area contributed by atoms with E-state index in [0.717, 1.165) is 6.07 Å². The topological polar surface area (TPSA) is 29.1 Å². The number of benzene rings is 1. The third-order valence-corrected chi connectivity index (χ3v) is 2.06. The van der Waals surface area contributed by atoms with Crippen molar-refractivity contribution in [1.82, 2.24) is 0 Å². The molecule has 1 amide bonds. The van der Waals surface area contributed by atoms with Gasteiger partial charge in [-0.3, -0.25) is 4.79 Å². The van der Waals surface area contributed by atoms with Crippen LogP contribution in [0.1, 0.15) is 6.92 Å². The van der Waals surface area contributed by atoms with Gasteiger partial charge in [0.15, 0.2) is 0 Å². The van der Waals surface area contributed by atoms with E-state index in [1.807, 2.05) is 0 Å². The van der Waals surface area contributed by atoms with E-state index in [4.69, 9.17) is 23.2 Å². The number of carbonyl (C=O) groups is 1. The Morgan fingerprint density at radius 2 is 2.21 bits per heavy atom. The molecule has 1 N–H and O–H groups in total. The predicted molar refractivity (Wildman–Crippen MR) is 55.4 cm³/mol. The smallest absolute Gasteiger partial charge is 0.242 e. The average Bonchev–Trinajstić information content (AvgIpc) is 2.09. The molecule has 0 heterocycles. The Bertz CT molecular complexity index is 355. The van der Waals surface area contributed by atoms with Crippen LogP contribution in [-0.4, -0.2) is 11.3 Å². The van der Waals surface area contributed by atoms with Crippen molar-refractivity contribution in [3.8, 4) is 0 Å². The average molecular weight is 236 g/mol. The Labute approximate surface area is 91.0 Å². The van der Waals surface area contributed by atoms with E-state index in [1.165, 1.54) is 19.1 Å². The summed E-state index contributed by atoms with van der Waals surface area (Å²) in [6, 6.07) is 3.71. The highest BCUT2D eigenvalue weighted by atomic mass is 35.5. The van der Waals surface area contributed by atoms with E-state index in [2.05, 4.69) is 5.32 Å². The highest BCUT2D eigenvalue weighted by Gasteiger charge is 2.11. The minimum atomic E-state index is -0.656. The van der Waals surface area contributed by atoms with Crippen LogP contribution in [0.4, 0.5) is 10.1 Å². The normalized spacial score (nSPS) is 12.3. The zero-order chi connectivity index (χ0) is 10.7. The van der Waals surface area contributed by atoms with Gasteiger partial charge in [0.1, 0.15) is 11.2 Å². The van der Waals surface area contributed by atoms with Gasteiger partial charge in [-0.1, -0.05) is 11.6 Å². The summed E-state index contributed by atoms with van der Waals surface area (Å²) in [7, 11) is 0. The van der Waals surface area contributed by atoms with E-state index < -0.39 is 11.2 Å². The van der Waals surface area contributed by atoms with Crippen molar-refractivity contribution in [2.75, 3.05) is 5.32 Å². The molecule has 0 aliphatic rings. The zero-order valence-electron chi connectivity index (χ0n) is 7.35. The van der Waals surface area contributed by atoms with Crippen molar-refractivity contribution < 1.29 is 9.18 Å². The van der Waals surface area contributed by atoms with Crippen LogP contribution in [0.3, 0.4) is 0 Å². The summed E-state index contributed by atoms with van der Waals surface area (Å²) in [6.45, 7) is 1.54. The second-order valence-electron chi connectivity index (χ2n) is 2.73. The molecule has 0 radical (unpaired) electrons. The predicted octanol–water partition coefficient (Wildman–Crippen LogP) is 3.04. The summed E-state index contributed by atoms with van der Waals surface area (Å²) in [4.78, 5) is 11.2. The van der Waals surface area contributed by atoms with Gasteiger partial charge in [0.25, 0.3) is 0 Å². The first-order valence-electron chi connectivity index (χ1n) is 3.90. The van der Waals surface area contributed by atoms with Crippen LogP contribution in [0, 0.1) is 5.82 Å². The lowest BCUT2D eigenvalue weighted by Gasteiger charge is -2.07. The molecule has 1 aromatic rings. The van der Waals surface area contributed by atoms with E-state index in [9.17, 15) is 9.18 Å². The molecule has 5 heteroatoms. The van der Waals surface area contributed by atoms with Gasteiger partial charge < -0.3 is 5.32 Å². The van der Waals surface area contributed by atoms with E-state index >= 15 is 0 Å². The molecular weight excluding hydrogens is 228 g/mol. The van der Waals surface area contributed by atoms with Crippen molar-refractivity contribution in [2.24, 2.45) is 0 Å². The Balaban J connectivity index is 2.82.